The standard InChI is InChI=1S/C20H22N2O5S/c1-3-14-5-4-6-17(11-14)21-19(23)13-27-20(24)16-7-8-18-15(12-16)9-10-22(18)28(2,25)26/h4-8,11-12H,3,9-10,13H2,1-2H3,(H,21,23). The van der Waals surface area contributed by atoms with Gasteiger partial charge in [-0.2, -0.15) is 0 Å². The predicted octanol–water partition coefficient (Wildman–Crippen LogP) is 2.37. The summed E-state index contributed by atoms with van der Waals surface area (Å²) >= 11 is 0. The Labute approximate surface area is 164 Å². The summed E-state index contributed by atoms with van der Waals surface area (Å²) in [4.78, 5) is 24.3. The molecular formula is C20H22N2O5S. The quantitative estimate of drug-likeness (QED) is 0.749. The van der Waals surface area contributed by atoms with E-state index in [-0.39, 0.29) is 5.56 Å². The number of ether oxygens (including phenoxy) is 1. The first-order valence-corrected chi connectivity index (χ1v) is 10.8. The van der Waals surface area contributed by atoms with Crippen LogP contribution in [0.1, 0.15) is 28.4 Å². The number of fused-ring (bicyclic) bond motifs is 1. The summed E-state index contributed by atoms with van der Waals surface area (Å²) in [6.45, 7) is 1.97. The summed E-state index contributed by atoms with van der Waals surface area (Å²) in [6, 6.07) is 12.2. The van der Waals surface area contributed by atoms with E-state index in [9.17, 15) is 18.0 Å². The predicted molar refractivity (Wildman–Crippen MR) is 107 cm³/mol. The highest BCUT2D eigenvalue weighted by atomic mass is 32.2. The third-order valence-corrected chi connectivity index (χ3v) is 5.70. The van der Waals surface area contributed by atoms with Crippen molar-refractivity contribution >= 4 is 33.3 Å². The Morgan fingerprint density at radius 3 is 2.68 bits per heavy atom. The van der Waals surface area contributed by atoms with Crippen molar-refractivity contribution in [2.75, 3.05) is 29.0 Å². The number of carbonyl (C=O) groups is 2. The fourth-order valence-electron chi connectivity index (χ4n) is 3.12. The summed E-state index contributed by atoms with van der Waals surface area (Å²) in [5.74, 6) is -1.05. The van der Waals surface area contributed by atoms with Crippen molar-refractivity contribution in [3.05, 3.63) is 59.2 Å². The molecule has 0 unspecified atom stereocenters. The molecule has 1 heterocycles. The summed E-state index contributed by atoms with van der Waals surface area (Å²) in [5, 5.41) is 2.70. The molecule has 8 heteroatoms. The van der Waals surface area contributed by atoms with Gasteiger partial charge in [0.25, 0.3) is 5.91 Å². The highest BCUT2D eigenvalue weighted by Crippen LogP contribution is 2.30. The Morgan fingerprint density at radius 2 is 1.96 bits per heavy atom. The van der Waals surface area contributed by atoms with Gasteiger partial charge in [-0.3, -0.25) is 9.10 Å². The van der Waals surface area contributed by atoms with E-state index in [0.29, 0.717) is 24.3 Å². The number of nitrogens with one attached hydrogen (secondary N) is 1. The van der Waals surface area contributed by atoms with Crippen LogP contribution in [-0.2, 0) is 32.4 Å². The second-order valence-electron chi connectivity index (χ2n) is 6.61. The van der Waals surface area contributed by atoms with Crippen LogP contribution in [0, 0.1) is 0 Å². The van der Waals surface area contributed by atoms with Gasteiger partial charge in [-0.05, 0) is 54.3 Å². The van der Waals surface area contributed by atoms with Crippen molar-refractivity contribution in [2.24, 2.45) is 0 Å². The van der Waals surface area contributed by atoms with Crippen molar-refractivity contribution in [2.45, 2.75) is 19.8 Å². The van der Waals surface area contributed by atoms with Crippen molar-refractivity contribution in [3.63, 3.8) is 0 Å². The number of benzene rings is 2. The zero-order valence-electron chi connectivity index (χ0n) is 15.8. The van der Waals surface area contributed by atoms with Crippen molar-refractivity contribution in [3.8, 4) is 0 Å². The number of amides is 1. The van der Waals surface area contributed by atoms with Crippen molar-refractivity contribution in [1.29, 1.82) is 0 Å². The fraction of sp³-hybridized carbons (Fsp3) is 0.300. The van der Waals surface area contributed by atoms with E-state index < -0.39 is 28.5 Å². The number of carbonyl (C=O) groups excluding carboxylic acids is 2. The Morgan fingerprint density at radius 1 is 1.18 bits per heavy atom. The van der Waals surface area contributed by atoms with Gasteiger partial charge in [0, 0.05) is 12.2 Å². The van der Waals surface area contributed by atoms with Gasteiger partial charge in [-0.1, -0.05) is 19.1 Å². The van der Waals surface area contributed by atoms with Crippen LogP contribution in [0.25, 0.3) is 0 Å². The van der Waals surface area contributed by atoms with E-state index in [2.05, 4.69) is 5.32 Å². The second kappa shape index (κ2) is 8.02. The van der Waals surface area contributed by atoms with E-state index in [1.54, 1.807) is 18.2 Å². The van der Waals surface area contributed by atoms with Gasteiger partial charge in [0.2, 0.25) is 10.0 Å². The molecule has 3 rings (SSSR count). The SMILES string of the molecule is CCc1cccc(NC(=O)COC(=O)c2ccc3c(c2)CCN3S(C)(=O)=O)c1. The molecule has 1 N–H and O–H groups in total. The number of aryl methyl sites for hydroxylation is 1. The lowest BCUT2D eigenvalue weighted by atomic mass is 10.1. The summed E-state index contributed by atoms with van der Waals surface area (Å²) in [6.07, 6.45) is 2.53. The first-order valence-electron chi connectivity index (χ1n) is 8.94. The number of hydrogen-bond acceptors (Lipinski definition) is 5. The lowest BCUT2D eigenvalue weighted by Crippen LogP contribution is -2.27. The van der Waals surface area contributed by atoms with E-state index in [0.717, 1.165) is 23.8 Å². The maximum Gasteiger partial charge on any atom is 0.338 e. The molecule has 1 aliphatic rings. The van der Waals surface area contributed by atoms with Gasteiger partial charge in [0.15, 0.2) is 6.61 Å². The fourth-order valence-corrected chi connectivity index (χ4v) is 4.08. The summed E-state index contributed by atoms with van der Waals surface area (Å²) in [7, 11) is -3.34. The Hall–Kier alpha value is -2.87. The van der Waals surface area contributed by atoms with Crippen LogP contribution >= 0.6 is 0 Å². The average Bonchev–Trinajstić information content (AvgIpc) is 3.10. The molecule has 0 aliphatic carbocycles. The molecule has 0 spiro atoms. The number of anilines is 2. The number of sulfonamides is 1. The van der Waals surface area contributed by atoms with E-state index >= 15 is 0 Å². The van der Waals surface area contributed by atoms with Gasteiger partial charge in [0.05, 0.1) is 17.5 Å². The van der Waals surface area contributed by atoms with Gasteiger partial charge in [0.1, 0.15) is 0 Å². The summed E-state index contributed by atoms with van der Waals surface area (Å²) in [5.41, 5.74) is 3.37. The first kappa shape index (κ1) is 19.9. The Balaban J connectivity index is 1.60. The number of rotatable bonds is 6. The third-order valence-electron chi connectivity index (χ3n) is 4.52. The molecule has 1 aliphatic heterocycles. The zero-order valence-corrected chi connectivity index (χ0v) is 16.6. The molecular weight excluding hydrogens is 380 g/mol. The van der Waals surface area contributed by atoms with Crippen LogP contribution in [0.5, 0.6) is 0 Å². The van der Waals surface area contributed by atoms with E-state index in [1.165, 1.54) is 10.4 Å². The Kier molecular flexibility index (Phi) is 5.69. The highest BCUT2D eigenvalue weighted by Gasteiger charge is 2.27. The molecule has 7 nitrogen and oxygen atoms in total. The number of hydrogen-bond donors (Lipinski definition) is 1. The topological polar surface area (TPSA) is 92.8 Å². The van der Waals surface area contributed by atoms with Crippen LogP contribution < -0.4 is 9.62 Å². The lowest BCUT2D eigenvalue weighted by molar-refractivity contribution is -0.119. The summed E-state index contributed by atoms with van der Waals surface area (Å²) < 4.78 is 29.9. The minimum Gasteiger partial charge on any atom is -0.452 e. The van der Waals surface area contributed by atoms with E-state index in [1.807, 2.05) is 25.1 Å². The van der Waals surface area contributed by atoms with Gasteiger partial charge < -0.3 is 10.1 Å². The normalized spacial score (nSPS) is 13.1. The minimum atomic E-state index is -3.34. The van der Waals surface area contributed by atoms with Crippen LogP contribution in [0.15, 0.2) is 42.5 Å². The molecule has 148 valence electrons. The smallest absolute Gasteiger partial charge is 0.338 e. The van der Waals surface area contributed by atoms with Gasteiger partial charge >= 0.3 is 5.97 Å². The van der Waals surface area contributed by atoms with Crippen LogP contribution in [0.3, 0.4) is 0 Å². The maximum atomic E-state index is 12.2. The van der Waals surface area contributed by atoms with Gasteiger partial charge in [-0.15, -0.1) is 0 Å². The molecule has 28 heavy (non-hydrogen) atoms. The molecule has 2 aromatic carbocycles. The monoisotopic (exact) mass is 402 g/mol. The third kappa shape index (κ3) is 4.51. The van der Waals surface area contributed by atoms with Crippen LogP contribution in [0.4, 0.5) is 11.4 Å². The lowest BCUT2D eigenvalue weighted by Gasteiger charge is -2.16. The molecule has 0 aromatic heterocycles. The molecule has 1 amide bonds. The number of nitrogens with zero attached hydrogens (tertiary/aromatic N) is 1. The Bertz CT molecular complexity index is 1020. The van der Waals surface area contributed by atoms with Crippen molar-refractivity contribution in [1.82, 2.24) is 0 Å². The zero-order chi connectivity index (χ0) is 20.3. The van der Waals surface area contributed by atoms with Crippen LogP contribution in [-0.4, -0.2) is 39.7 Å². The average molecular weight is 402 g/mol. The molecule has 2 aromatic rings. The molecule has 0 saturated heterocycles. The molecule has 0 saturated carbocycles. The van der Waals surface area contributed by atoms with Gasteiger partial charge in [-0.25, -0.2) is 13.2 Å². The van der Waals surface area contributed by atoms with Crippen molar-refractivity contribution < 1.29 is 22.7 Å². The molecule has 0 radical (unpaired) electrons. The largest absolute Gasteiger partial charge is 0.452 e. The first-order chi connectivity index (χ1) is 13.3. The molecule has 0 fully saturated rings. The van der Waals surface area contributed by atoms with Crippen LogP contribution in [0.2, 0.25) is 0 Å². The second-order valence-corrected chi connectivity index (χ2v) is 8.51. The maximum absolute atomic E-state index is 12.2. The molecule has 0 bridgehead atoms. The van der Waals surface area contributed by atoms with E-state index in [4.69, 9.17) is 4.74 Å². The number of esters is 1. The minimum absolute atomic E-state index is 0.287. The molecule has 0 atom stereocenters. The highest BCUT2D eigenvalue weighted by molar-refractivity contribution is 7.92.